The standard InChI is InChI=1S/C29H37N7O6/c1-7-8-16-35-23-24(32-26(35)34-15-11-12-19(17-34)30-27(39)42-29(2,3)4)33(5)28(40)36(25(23)38)18-22(37)31-20-13-9-10-14-21(20)41-6/h9-10,13-14,19H,11-12,15-18H2,1-6H3,(H,30,39)(H,31,37)/t19-/m1/s1. The first-order valence-corrected chi connectivity index (χ1v) is 13.7. The Hall–Kier alpha value is -4.73. The van der Waals surface area contributed by atoms with E-state index in [1.807, 2.05) is 4.90 Å². The Bertz CT molecular complexity index is 1670. The van der Waals surface area contributed by atoms with Crippen LogP contribution in [0.1, 0.15) is 40.5 Å². The van der Waals surface area contributed by atoms with Gasteiger partial charge < -0.3 is 25.0 Å². The van der Waals surface area contributed by atoms with Gasteiger partial charge in [-0.3, -0.25) is 18.7 Å². The number of hydrogen-bond acceptors (Lipinski definition) is 8. The second-order valence-corrected chi connectivity index (χ2v) is 11.0. The molecule has 0 spiro atoms. The van der Waals surface area contributed by atoms with Crippen LogP contribution in [-0.2, 0) is 29.7 Å². The van der Waals surface area contributed by atoms with Crippen molar-refractivity contribution in [3.63, 3.8) is 0 Å². The van der Waals surface area contributed by atoms with Crippen LogP contribution in [0.15, 0.2) is 33.9 Å². The van der Waals surface area contributed by atoms with Gasteiger partial charge in [0.15, 0.2) is 11.2 Å². The number of aromatic nitrogens is 4. The predicted octanol–water partition coefficient (Wildman–Crippen LogP) is 2.06. The number of anilines is 2. The number of alkyl carbamates (subject to hydrolysis) is 1. The molecule has 1 saturated heterocycles. The van der Waals surface area contributed by atoms with Crippen molar-refractivity contribution in [3.8, 4) is 17.6 Å². The molecule has 0 aliphatic carbocycles. The van der Waals surface area contributed by atoms with Gasteiger partial charge in [-0.1, -0.05) is 18.1 Å². The van der Waals surface area contributed by atoms with Crippen LogP contribution in [-0.4, -0.2) is 62.5 Å². The first-order valence-electron chi connectivity index (χ1n) is 13.7. The smallest absolute Gasteiger partial charge is 0.407 e. The van der Waals surface area contributed by atoms with E-state index in [4.69, 9.17) is 14.5 Å². The molecule has 224 valence electrons. The molecule has 2 aromatic heterocycles. The highest BCUT2D eigenvalue weighted by atomic mass is 16.6. The number of rotatable bonds is 7. The quantitative estimate of drug-likeness (QED) is 0.405. The first kappa shape index (κ1) is 30.2. The number of para-hydroxylation sites is 2. The summed E-state index contributed by atoms with van der Waals surface area (Å²) in [5, 5.41) is 5.62. The fourth-order valence-corrected chi connectivity index (χ4v) is 4.88. The molecule has 0 bridgehead atoms. The van der Waals surface area contributed by atoms with Crippen LogP contribution < -0.4 is 31.5 Å². The molecular weight excluding hydrogens is 542 g/mol. The van der Waals surface area contributed by atoms with Gasteiger partial charge >= 0.3 is 11.8 Å². The summed E-state index contributed by atoms with van der Waals surface area (Å²) in [5.41, 5.74) is -1.20. The molecule has 1 fully saturated rings. The molecule has 0 unspecified atom stereocenters. The number of fused-ring (bicyclic) bond motifs is 1. The second-order valence-electron chi connectivity index (χ2n) is 11.0. The van der Waals surface area contributed by atoms with E-state index < -0.39 is 35.4 Å². The van der Waals surface area contributed by atoms with Crippen LogP contribution in [0.25, 0.3) is 11.2 Å². The minimum absolute atomic E-state index is 0.143. The lowest BCUT2D eigenvalue weighted by Gasteiger charge is -2.34. The van der Waals surface area contributed by atoms with Crippen molar-refractivity contribution in [3.05, 3.63) is 45.1 Å². The summed E-state index contributed by atoms with van der Waals surface area (Å²) in [6.45, 7) is 7.78. The molecule has 3 aromatic rings. The van der Waals surface area contributed by atoms with Gasteiger partial charge in [-0.05, 0) is 52.7 Å². The van der Waals surface area contributed by atoms with E-state index in [9.17, 15) is 19.2 Å². The molecule has 42 heavy (non-hydrogen) atoms. The van der Waals surface area contributed by atoms with Crippen molar-refractivity contribution in [2.75, 3.05) is 30.4 Å². The molecule has 2 amide bonds. The zero-order chi connectivity index (χ0) is 30.6. The number of imidazole rings is 1. The number of piperidine rings is 1. The van der Waals surface area contributed by atoms with E-state index in [1.165, 1.54) is 18.7 Å². The van der Waals surface area contributed by atoms with Gasteiger partial charge in [0, 0.05) is 26.2 Å². The average Bonchev–Trinajstić information content (AvgIpc) is 3.32. The number of carbonyl (C=O) groups excluding carboxylic acids is 2. The molecule has 1 aromatic carbocycles. The molecule has 1 aliphatic rings. The van der Waals surface area contributed by atoms with Crippen molar-refractivity contribution < 1.29 is 19.1 Å². The van der Waals surface area contributed by atoms with Gasteiger partial charge in [-0.2, -0.15) is 4.98 Å². The molecule has 4 rings (SSSR count). The molecule has 0 saturated carbocycles. The Morgan fingerprint density at radius 3 is 2.60 bits per heavy atom. The number of ether oxygens (including phenoxy) is 2. The van der Waals surface area contributed by atoms with E-state index in [0.29, 0.717) is 30.5 Å². The number of amides is 2. The monoisotopic (exact) mass is 579 g/mol. The third-order valence-electron chi connectivity index (χ3n) is 6.73. The van der Waals surface area contributed by atoms with Crippen LogP contribution >= 0.6 is 0 Å². The maximum atomic E-state index is 13.8. The molecule has 3 heterocycles. The SMILES string of the molecule is CC#CCn1c(N2CCC[C@@H](NC(=O)OC(C)(C)C)C2)nc2c1c(=O)n(CC(=O)Nc1ccccc1OC)c(=O)n2C. The zero-order valence-electron chi connectivity index (χ0n) is 24.8. The normalized spacial score (nSPS) is 15.1. The summed E-state index contributed by atoms with van der Waals surface area (Å²) in [6.07, 6.45) is 1.00. The molecule has 13 nitrogen and oxygen atoms in total. The lowest BCUT2D eigenvalue weighted by atomic mass is 10.1. The topological polar surface area (TPSA) is 142 Å². The Morgan fingerprint density at radius 1 is 1.17 bits per heavy atom. The van der Waals surface area contributed by atoms with Crippen molar-refractivity contribution in [1.29, 1.82) is 0 Å². The van der Waals surface area contributed by atoms with Crippen LogP contribution in [0.5, 0.6) is 5.75 Å². The molecule has 13 heteroatoms. The summed E-state index contributed by atoms with van der Waals surface area (Å²) < 4.78 is 14.5. The predicted molar refractivity (Wildman–Crippen MR) is 159 cm³/mol. The number of hydrogen-bond donors (Lipinski definition) is 2. The number of methoxy groups -OCH3 is 1. The first-order chi connectivity index (χ1) is 19.9. The Kier molecular flexibility index (Phi) is 8.94. The van der Waals surface area contributed by atoms with E-state index in [-0.39, 0.29) is 23.8 Å². The fourth-order valence-electron chi connectivity index (χ4n) is 4.88. The zero-order valence-corrected chi connectivity index (χ0v) is 24.8. The van der Waals surface area contributed by atoms with Crippen LogP contribution in [0.2, 0.25) is 0 Å². The largest absolute Gasteiger partial charge is 0.495 e. The minimum Gasteiger partial charge on any atom is -0.495 e. The van der Waals surface area contributed by atoms with Crippen molar-refractivity contribution in [2.24, 2.45) is 7.05 Å². The van der Waals surface area contributed by atoms with Crippen molar-refractivity contribution in [2.45, 2.75) is 65.3 Å². The highest BCUT2D eigenvalue weighted by Crippen LogP contribution is 2.24. The maximum Gasteiger partial charge on any atom is 0.407 e. The van der Waals surface area contributed by atoms with Gasteiger partial charge in [-0.25, -0.2) is 14.2 Å². The van der Waals surface area contributed by atoms with E-state index >= 15 is 0 Å². The Balaban J connectivity index is 1.70. The fraction of sp³-hybridized carbons (Fsp3) is 0.483. The van der Waals surface area contributed by atoms with Gasteiger partial charge in [0.25, 0.3) is 5.56 Å². The lowest BCUT2D eigenvalue weighted by molar-refractivity contribution is -0.116. The summed E-state index contributed by atoms with van der Waals surface area (Å²) in [5.74, 6) is 6.16. The van der Waals surface area contributed by atoms with E-state index in [0.717, 1.165) is 17.4 Å². The number of nitrogens with zero attached hydrogens (tertiary/aromatic N) is 5. The van der Waals surface area contributed by atoms with Gasteiger partial charge in [0.1, 0.15) is 17.9 Å². The Labute approximate surface area is 243 Å². The second kappa shape index (κ2) is 12.4. The summed E-state index contributed by atoms with van der Waals surface area (Å²) in [6, 6.07) is 6.64. The van der Waals surface area contributed by atoms with Gasteiger partial charge in [0.2, 0.25) is 11.9 Å². The maximum absolute atomic E-state index is 13.8. The third kappa shape index (κ3) is 6.59. The summed E-state index contributed by atoms with van der Waals surface area (Å²) in [7, 11) is 2.99. The molecule has 1 atom stereocenters. The summed E-state index contributed by atoms with van der Waals surface area (Å²) in [4.78, 5) is 59.1. The third-order valence-corrected chi connectivity index (χ3v) is 6.73. The highest BCUT2D eigenvalue weighted by molar-refractivity contribution is 5.92. The van der Waals surface area contributed by atoms with Crippen molar-refractivity contribution >= 4 is 34.8 Å². The molecule has 2 N–H and O–H groups in total. The van der Waals surface area contributed by atoms with Crippen molar-refractivity contribution in [1.82, 2.24) is 24.0 Å². The Morgan fingerprint density at radius 2 is 1.90 bits per heavy atom. The number of aryl methyl sites for hydroxylation is 1. The molecule has 0 radical (unpaired) electrons. The van der Waals surface area contributed by atoms with E-state index in [1.54, 1.807) is 56.5 Å². The van der Waals surface area contributed by atoms with E-state index in [2.05, 4.69) is 22.5 Å². The lowest BCUT2D eigenvalue weighted by Crippen LogP contribution is -2.49. The molecule has 1 aliphatic heterocycles. The van der Waals surface area contributed by atoms with Crippen LogP contribution in [0.4, 0.5) is 16.4 Å². The highest BCUT2D eigenvalue weighted by Gasteiger charge is 2.29. The van der Waals surface area contributed by atoms with Gasteiger partial charge in [0.05, 0.1) is 19.3 Å². The number of carbonyl (C=O) groups is 2. The number of nitrogens with one attached hydrogen (secondary N) is 2. The van der Waals surface area contributed by atoms with Crippen LogP contribution in [0.3, 0.4) is 0 Å². The molecular formula is C29H37N7O6. The minimum atomic E-state index is -0.677. The van der Waals surface area contributed by atoms with Crippen LogP contribution in [0, 0.1) is 11.8 Å². The average molecular weight is 580 g/mol. The number of benzene rings is 1. The summed E-state index contributed by atoms with van der Waals surface area (Å²) >= 11 is 0. The van der Waals surface area contributed by atoms with Gasteiger partial charge in [-0.15, -0.1) is 5.92 Å².